The first-order chi connectivity index (χ1) is 8.61. The summed E-state index contributed by atoms with van der Waals surface area (Å²) in [7, 11) is 1.43. The first-order valence-corrected chi connectivity index (χ1v) is 5.75. The average molecular weight is 314 g/mol. The van der Waals surface area contributed by atoms with E-state index >= 15 is 0 Å². The smallest absolute Gasteiger partial charge is 0.267 e. The molecule has 7 heteroatoms. The predicted octanol–water partition coefficient (Wildman–Crippen LogP) is 2.42. The van der Waals surface area contributed by atoms with Gasteiger partial charge < -0.3 is 15.0 Å². The molecule has 0 saturated carbocycles. The summed E-state index contributed by atoms with van der Waals surface area (Å²) >= 11 is 3.11. The number of nitrogens with zero attached hydrogens (tertiary/aromatic N) is 1. The molecule has 0 saturated heterocycles. The molecule has 94 valence electrons. The molecule has 0 fully saturated rings. The number of aromatic amines is 1. The fourth-order valence-electron chi connectivity index (χ4n) is 1.37. The molecule has 5 nitrogen and oxygen atoms in total. The van der Waals surface area contributed by atoms with Crippen LogP contribution >= 0.6 is 15.9 Å². The third-order valence-corrected chi connectivity index (χ3v) is 2.95. The maximum Gasteiger partial charge on any atom is 0.267 e. The fraction of sp³-hybridized carbons (Fsp3) is 0.0909. The highest BCUT2D eigenvalue weighted by molar-refractivity contribution is 9.10. The van der Waals surface area contributed by atoms with E-state index in [2.05, 4.69) is 31.2 Å². The van der Waals surface area contributed by atoms with Crippen molar-refractivity contribution in [2.45, 2.75) is 0 Å². The van der Waals surface area contributed by atoms with Crippen molar-refractivity contribution in [1.29, 1.82) is 0 Å². The Hall–Kier alpha value is -1.89. The summed E-state index contributed by atoms with van der Waals surface area (Å²) in [6.07, 6.45) is 1.27. The zero-order valence-corrected chi connectivity index (χ0v) is 10.9. The van der Waals surface area contributed by atoms with Gasteiger partial charge in [0.25, 0.3) is 5.56 Å². The van der Waals surface area contributed by atoms with Gasteiger partial charge in [-0.25, -0.2) is 9.37 Å². The van der Waals surface area contributed by atoms with Crippen LogP contribution in [0, 0.1) is 5.82 Å². The van der Waals surface area contributed by atoms with Crippen molar-refractivity contribution in [2.24, 2.45) is 0 Å². The van der Waals surface area contributed by atoms with Crippen LogP contribution in [0.4, 0.5) is 15.9 Å². The summed E-state index contributed by atoms with van der Waals surface area (Å²) < 4.78 is 18.3. The van der Waals surface area contributed by atoms with Crippen LogP contribution in [-0.4, -0.2) is 17.1 Å². The lowest BCUT2D eigenvalue weighted by Gasteiger charge is -2.10. The van der Waals surface area contributed by atoms with Crippen molar-refractivity contribution in [3.05, 3.63) is 45.2 Å². The molecule has 1 aromatic carbocycles. The van der Waals surface area contributed by atoms with E-state index < -0.39 is 5.82 Å². The first-order valence-electron chi connectivity index (χ1n) is 4.95. The summed E-state index contributed by atoms with van der Waals surface area (Å²) in [6, 6.07) is 4.03. The van der Waals surface area contributed by atoms with E-state index in [-0.39, 0.29) is 10.0 Å². The summed E-state index contributed by atoms with van der Waals surface area (Å²) in [4.78, 5) is 17.8. The van der Waals surface area contributed by atoms with Gasteiger partial charge in [-0.3, -0.25) is 4.79 Å². The number of nitrogens with one attached hydrogen (secondary N) is 2. The van der Waals surface area contributed by atoms with Crippen LogP contribution in [0.5, 0.6) is 5.75 Å². The first kappa shape index (κ1) is 12.6. The number of halogens is 2. The fourth-order valence-corrected chi connectivity index (χ4v) is 1.68. The van der Waals surface area contributed by atoms with Crippen LogP contribution in [0.3, 0.4) is 0 Å². The Labute approximate surface area is 110 Å². The lowest BCUT2D eigenvalue weighted by atomic mass is 10.3. The summed E-state index contributed by atoms with van der Waals surface area (Å²) in [5.74, 6) is 0.239. The monoisotopic (exact) mass is 313 g/mol. The number of aromatic nitrogens is 2. The Morgan fingerprint density at radius 3 is 3.00 bits per heavy atom. The zero-order chi connectivity index (χ0) is 13.1. The van der Waals surface area contributed by atoms with Crippen molar-refractivity contribution in [3.8, 4) is 5.75 Å². The average Bonchev–Trinajstić information content (AvgIpc) is 2.37. The van der Waals surface area contributed by atoms with Gasteiger partial charge in [-0.1, -0.05) is 0 Å². The van der Waals surface area contributed by atoms with Crippen molar-refractivity contribution >= 4 is 27.4 Å². The van der Waals surface area contributed by atoms with Crippen LogP contribution < -0.4 is 15.6 Å². The topological polar surface area (TPSA) is 67.0 Å². The van der Waals surface area contributed by atoms with Crippen molar-refractivity contribution in [1.82, 2.24) is 9.97 Å². The van der Waals surface area contributed by atoms with Gasteiger partial charge in [-0.15, -0.1) is 0 Å². The molecule has 0 amide bonds. The maximum absolute atomic E-state index is 13.0. The molecule has 0 unspecified atom stereocenters. The molecule has 2 N–H and O–H groups in total. The molecule has 0 spiro atoms. The van der Waals surface area contributed by atoms with Gasteiger partial charge in [0.1, 0.15) is 16.0 Å². The summed E-state index contributed by atoms with van der Waals surface area (Å²) in [6.45, 7) is 0. The number of ether oxygens (including phenoxy) is 1. The molecular formula is C11H9BrFN3O2. The van der Waals surface area contributed by atoms with Gasteiger partial charge in [-0.05, 0) is 28.1 Å². The van der Waals surface area contributed by atoms with E-state index in [4.69, 9.17) is 4.74 Å². The molecule has 0 aliphatic carbocycles. The van der Waals surface area contributed by atoms with E-state index in [9.17, 15) is 9.18 Å². The quantitative estimate of drug-likeness (QED) is 0.913. The molecule has 1 aromatic heterocycles. The van der Waals surface area contributed by atoms with Crippen LogP contribution in [0.25, 0.3) is 0 Å². The molecule has 0 radical (unpaired) electrons. The van der Waals surface area contributed by atoms with Crippen molar-refractivity contribution in [3.63, 3.8) is 0 Å². The highest BCUT2D eigenvalue weighted by Gasteiger charge is 2.09. The molecule has 0 aliphatic rings. The molecule has 0 aliphatic heterocycles. The molecule has 0 bridgehead atoms. The van der Waals surface area contributed by atoms with Gasteiger partial charge in [0, 0.05) is 6.07 Å². The van der Waals surface area contributed by atoms with E-state index in [1.165, 1.54) is 31.6 Å². The number of benzene rings is 1. The molecule has 1 heterocycles. The van der Waals surface area contributed by atoms with Gasteiger partial charge in [-0.2, -0.15) is 0 Å². The summed E-state index contributed by atoms with van der Waals surface area (Å²) in [5.41, 5.74) is 0.200. The Bertz CT molecular complexity index is 630. The molecular weight excluding hydrogens is 305 g/mol. The molecule has 2 aromatic rings. The second-order valence-corrected chi connectivity index (χ2v) is 4.16. The van der Waals surface area contributed by atoms with E-state index in [0.717, 1.165) is 0 Å². The number of hydrogen-bond acceptors (Lipinski definition) is 4. The number of hydrogen-bond donors (Lipinski definition) is 2. The van der Waals surface area contributed by atoms with Crippen molar-refractivity contribution in [2.75, 3.05) is 12.4 Å². The Morgan fingerprint density at radius 2 is 2.28 bits per heavy atom. The second kappa shape index (κ2) is 5.18. The number of methoxy groups -OCH3 is 1. The highest BCUT2D eigenvalue weighted by atomic mass is 79.9. The van der Waals surface area contributed by atoms with Gasteiger partial charge in [0.05, 0.1) is 19.1 Å². The van der Waals surface area contributed by atoms with Gasteiger partial charge >= 0.3 is 0 Å². The van der Waals surface area contributed by atoms with E-state index in [0.29, 0.717) is 17.3 Å². The van der Waals surface area contributed by atoms with Crippen LogP contribution in [-0.2, 0) is 0 Å². The third-order valence-electron chi connectivity index (χ3n) is 2.21. The Morgan fingerprint density at radius 1 is 1.50 bits per heavy atom. The molecule has 18 heavy (non-hydrogen) atoms. The minimum atomic E-state index is -0.407. The number of rotatable bonds is 3. The molecule has 2 rings (SSSR count). The predicted molar refractivity (Wildman–Crippen MR) is 68.8 cm³/mol. The van der Waals surface area contributed by atoms with Crippen molar-refractivity contribution < 1.29 is 9.13 Å². The normalized spacial score (nSPS) is 10.2. The standard InChI is InChI=1S/C11H9BrFN3O2/c1-18-8-4-6(13)2-3-7(8)16-10-9(12)11(17)15-5-14-10/h2-5H,1H3,(H2,14,15,16,17). The summed E-state index contributed by atoms with van der Waals surface area (Å²) in [5, 5.41) is 2.89. The Kier molecular flexibility index (Phi) is 3.61. The molecule has 0 atom stereocenters. The minimum absolute atomic E-state index is 0.261. The van der Waals surface area contributed by atoms with Gasteiger partial charge in [0.2, 0.25) is 0 Å². The maximum atomic E-state index is 13.0. The van der Waals surface area contributed by atoms with Crippen LogP contribution in [0.1, 0.15) is 0 Å². The number of H-pyrrole nitrogens is 1. The van der Waals surface area contributed by atoms with Gasteiger partial charge in [0.15, 0.2) is 5.82 Å². The van der Waals surface area contributed by atoms with E-state index in [1.807, 2.05) is 0 Å². The Balaban J connectivity index is 2.40. The lowest BCUT2D eigenvalue weighted by molar-refractivity contribution is 0.413. The number of anilines is 2. The second-order valence-electron chi connectivity index (χ2n) is 3.36. The zero-order valence-electron chi connectivity index (χ0n) is 9.33. The van der Waals surface area contributed by atoms with Crippen LogP contribution in [0.15, 0.2) is 33.8 Å². The third kappa shape index (κ3) is 2.51. The lowest BCUT2D eigenvalue weighted by Crippen LogP contribution is -2.10. The minimum Gasteiger partial charge on any atom is -0.494 e. The largest absolute Gasteiger partial charge is 0.494 e. The SMILES string of the molecule is COc1cc(F)ccc1Nc1nc[nH]c(=O)c1Br. The highest BCUT2D eigenvalue weighted by Crippen LogP contribution is 2.29. The van der Waals surface area contributed by atoms with E-state index in [1.54, 1.807) is 0 Å². The van der Waals surface area contributed by atoms with Crippen LogP contribution in [0.2, 0.25) is 0 Å².